The molecule has 17 nitrogen and oxygen atoms in total. The van der Waals surface area contributed by atoms with Crippen LogP contribution in [0, 0.1) is 11.8 Å². The fourth-order valence-corrected chi connectivity index (χ4v) is 14.3. The van der Waals surface area contributed by atoms with Crippen LogP contribution in [-0.2, 0) is 65.4 Å². The van der Waals surface area contributed by atoms with Crippen LogP contribution in [0.25, 0.3) is 0 Å². The van der Waals surface area contributed by atoms with Crippen molar-refractivity contribution in [3.8, 4) is 0 Å². The van der Waals surface area contributed by atoms with Gasteiger partial charge in [-0.2, -0.15) is 0 Å². The van der Waals surface area contributed by atoms with Crippen molar-refractivity contribution >= 4 is 39.5 Å². The van der Waals surface area contributed by atoms with Gasteiger partial charge in [-0.05, 0) is 63.2 Å². The first-order valence-corrected chi connectivity index (χ1v) is 46.3. The Hall–Kier alpha value is -2.46. The van der Waals surface area contributed by atoms with Gasteiger partial charge in [0.15, 0.2) is 12.2 Å². The van der Waals surface area contributed by atoms with Crippen LogP contribution in [0.5, 0.6) is 0 Å². The highest BCUT2D eigenvalue weighted by Gasteiger charge is 2.30. The highest BCUT2D eigenvalue weighted by molar-refractivity contribution is 7.47. The molecule has 104 heavy (non-hydrogen) atoms. The minimum absolute atomic E-state index is 0.0847. The molecule has 0 aromatic heterocycles. The molecule has 0 bridgehead atoms. The van der Waals surface area contributed by atoms with Gasteiger partial charge in [-0.1, -0.05) is 374 Å². The largest absolute Gasteiger partial charge is 0.472 e. The first kappa shape index (κ1) is 102. The van der Waals surface area contributed by atoms with Crippen molar-refractivity contribution in [3.63, 3.8) is 0 Å². The second-order valence-electron chi connectivity index (χ2n) is 30.8. The number of rotatable bonds is 82. The van der Waals surface area contributed by atoms with Gasteiger partial charge in [0.25, 0.3) is 0 Å². The normalized spacial score (nSPS) is 14.0. The number of aliphatic hydroxyl groups excluding tert-OH is 1. The molecular formula is C85H162O17P2. The second-order valence-corrected chi connectivity index (χ2v) is 33.7. The zero-order chi connectivity index (χ0) is 76.4. The zero-order valence-corrected chi connectivity index (χ0v) is 69.6. The van der Waals surface area contributed by atoms with E-state index in [-0.39, 0.29) is 25.7 Å². The van der Waals surface area contributed by atoms with Gasteiger partial charge in [-0.15, -0.1) is 0 Å². The van der Waals surface area contributed by atoms with E-state index in [9.17, 15) is 43.2 Å². The molecule has 0 aromatic carbocycles. The smallest absolute Gasteiger partial charge is 0.462 e. The van der Waals surface area contributed by atoms with Crippen LogP contribution in [0.15, 0.2) is 24.3 Å². The molecule has 0 saturated carbocycles. The van der Waals surface area contributed by atoms with E-state index < -0.39 is 97.5 Å². The third kappa shape index (κ3) is 77.7. The van der Waals surface area contributed by atoms with Crippen LogP contribution >= 0.6 is 15.6 Å². The molecule has 0 aliphatic rings. The Morgan fingerprint density at radius 3 is 0.788 bits per heavy atom. The Kier molecular flexibility index (Phi) is 74.1. The minimum Gasteiger partial charge on any atom is -0.462 e. The molecule has 0 aliphatic heterocycles. The van der Waals surface area contributed by atoms with Crippen molar-refractivity contribution in [3.05, 3.63) is 24.3 Å². The number of unbranched alkanes of at least 4 members (excludes halogenated alkanes) is 49. The summed E-state index contributed by atoms with van der Waals surface area (Å²) < 4.78 is 68.8. The van der Waals surface area contributed by atoms with Gasteiger partial charge in [-0.25, -0.2) is 9.13 Å². The molecule has 0 rings (SSSR count). The van der Waals surface area contributed by atoms with E-state index in [0.717, 1.165) is 121 Å². The fourth-order valence-electron chi connectivity index (χ4n) is 12.7. The lowest BCUT2D eigenvalue weighted by molar-refractivity contribution is -0.161. The molecule has 5 atom stereocenters. The van der Waals surface area contributed by atoms with E-state index in [0.29, 0.717) is 25.7 Å². The molecule has 3 N–H and O–H groups in total. The topological polar surface area (TPSA) is 237 Å². The summed E-state index contributed by atoms with van der Waals surface area (Å²) in [6, 6.07) is 0. The van der Waals surface area contributed by atoms with Gasteiger partial charge in [-0.3, -0.25) is 37.3 Å². The zero-order valence-electron chi connectivity index (χ0n) is 67.8. The van der Waals surface area contributed by atoms with Crippen molar-refractivity contribution in [2.75, 3.05) is 39.6 Å². The number of hydrogen-bond acceptors (Lipinski definition) is 15. The monoisotopic (exact) mass is 1520 g/mol. The molecule has 19 heteroatoms. The number of phosphoric acid groups is 2. The molecule has 614 valence electrons. The highest BCUT2D eigenvalue weighted by Crippen LogP contribution is 2.45. The van der Waals surface area contributed by atoms with Crippen LogP contribution in [0.4, 0.5) is 0 Å². The average Bonchev–Trinajstić information content (AvgIpc) is 0.920. The standard InChI is InChI=1S/C85H162O17P2/c1-7-9-11-13-15-17-19-21-23-24-25-26-27-31-36-40-44-52-58-64-70-84(89)101-80(73-95-82(87)67-61-55-49-42-38-34-32-28-30-33-37-41-47-53-59-65-77(3)4)75-99-103(91,92)97-71-79(86)72-98-104(93,94)100-76-81(74-96-83(88)68-62-56-50-46-45-48-54-60-66-78(5)6)102-85(90)69-63-57-51-43-39-35-29-22-20-18-16-14-12-10-8-2/h18,20,22,29,77-81,86H,7-17,19,21,23-28,30-76H2,1-6H3,(H,91,92)(H,93,94)/b20-18-,29-22-/t79-,80-,81-/m1/s1. The third-order valence-corrected chi connectivity index (χ3v) is 21.2. The summed E-state index contributed by atoms with van der Waals surface area (Å²) in [6.07, 6.45) is 70.3. The Morgan fingerprint density at radius 2 is 0.519 bits per heavy atom. The maximum Gasteiger partial charge on any atom is 0.472 e. The van der Waals surface area contributed by atoms with E-state index >= 15 is 0 Å². The lowest BCUT2D eigenvalue weighted by Crippen LogP contribution is -2.30. The van der Waals surface area contributed by atoms with E-state index in [1.54, 1.807) is 0 Å². The van der Waals surface area contributed by atoms with Gasteiger partial charge >= 0.3 is 39.5 Å². The van der Waals surface area contributed by atoms with E-state index in [2.05, 4.69) is 65.8 Å². The highest BCUT2D eigenvalue weighted by atomic mass is 31.2. The third-order valence-electron chi connectivity index (χ3n) is 19.3. The summed E-state index contributed by atoms with van der Waals surface area (Å²) in [5.74, 6) is -0.607. The SMILES string of the molecule is CCCCCC/C=C\C=C/CCCCCCCC(=O)O[C@H](COC(=O)CCCCCCCCCCC(C)C)COP(=O)(O)OC[C@H](O)COP(=O)(O)OC[C@@H](COC(=O)CCCCCCCCCCCCCCCCCC(C)C)OC(=O)CCCCCCCCCCCCCCCCCCCCCC. The molecule has 2 unspecified atom stereocenters. The van der Waals surface area contributed by atoms with Crippen LogP contribution < -0.4 is 0 Å². The molecule has 0 spiro atoms. The van der Waals surface area contributed by atoms with Gasteiger partial charge in [0, 0.05) is 25.7 Å². The maximum atomic E-state index is 13.1. The van der Waals surface area contributed by atoms with Crippen LogP contribution in [0.3, 0.4) is 0 Å². The molecule has 0 amide bonds. The van der Waals surface area contributed by atoms with Gasteiger partial charge < -0.3 is 33.8 Å². The number of aliphatic hydroxyl groups is 1. The number of allylic oxidation sites excluding steroid dienone is 4. The molecule has 0 radical (unpaired) electrons. The maximum absolute atomic E-state index is 13.1. The molecule has 0 fully saturated rings. The second kappa shape index (κ2) is 75.9. The van der Waals surface area contributed by atoms with Crippen molar-refractivity contribution < 1.29 is 80.2 Å². The van der Waals surface area contributed by atoms with E-state index in [1.165, 1.54) is 225 Å². The van der Waals surface area contributed by atoms with E-state index in [1.807, 2.05) is 0 Å². The molecule has 0 saturated heterocycles. The lowest BCUT2D eigenvalue weighted by atomic mass is 10.0. The first-order chi connectivity index (χ1) is 50.4. The van der Waals surface area contributed by atoms with Gasteiger partial charge in [0.2, 0.25) is 0 Å². The lowest BCUT2D eigenvalue weighted by Gasteiger charge is -2.21. The number of esters is 4. The Labute approximate surface area is 637 Å². The predicted molar refractivity (Wildman–Crippen MR) is 427 cm³/mol. The van der Waals surface area contributed by atoms with Crippen molar-refractivity contribution in [1.82, 2.24) is 0 Å². The summed E-state index contributed by atoms with van der Waals surface area (Å²) in [7, 11) is -9.94. The quantitative estimate of drug-likeness (QED) is 0.0169. The summed E-state index contributed by atoms with van der Waals surface area (Å²) in [5, 5.41) is 10.7. The summed E-state index contributed by atoms with van der Waals surface area (Å²) in [4.78, 5) is 73.2. The van der Waals surface area contributed by atoms with Gasteiger partial charge in [0.1, 0.15) is 19.3 Å². The minimum atomic E-state index is -4.97. The van der Waals surface area contributed by atoms with Crippen LogP contribution in [0.2, 0.25) is 0 Å². The number of carbonyl (C=O) groups is 4. The van der Waals surface area contributed by atoms with Gasteiger partial charge in [0.05, 0.1) is 26.4 Å². The summed E-state index contributed by atoms with van der Waals surface area (Å²) in [5.41, 5.74) is 0. The van der Waals surface area contributed by atoms with Crippen LogP contribution in [0.1, 0.15) is 427 Å². The molecule has 0 aliphatic carbocycles. The Bertz CT molecular complexity index is 2090. The van der Waals surface area contributed by atoms with Crippen LogP contribution in [-0.4, -0.2) is 96.7 Å². The molecule has 0 heterocycles. The summed E-state index contributed by atoms with van der Waals surface area (Å²) >= 11 is 0. The van der Waals surface area contributed by atoms with Crippen molar-refractivity contribution in [2.24, 2.45) is 11.8 Å². The first-order valence-electron chi connectivity index (χ1n) is 43.3. The fraction of sp³-hybridized carbons (Fsp3) is 0.906. The van der Waals surface area contributed by atoms with Crippen molar-refractivity contribution in [1.29, 1.82) is 0 Å². The van der Waals surface area contributed by atoms with Crippen molar-refractivity contribution in [2.45, 2.75) is 445 Å². The summed E-state index contributed by atoms with van der Waals surface area (Å²) in [6.45, 7) is 9.58. The predicted octanol–water partition coefficient (Wildman–Crippen LogP) is 25.4. The molecule has 0 aromatic rings. The number of carbonyl (C=O) groups excluding carboxylic acids is 4. The average molecular weight is 1520 g/mol. The number of ether oxygens (including phenoxy) is 4. The van der Waals surface area contributed by atoms with E-state index in [4.69, 9.17) is 37.0 Å². The Morgan fingerprint density at radius 1 is 0.298 bits per heavy atom. The Balaban J connectivity index is 5.27. The molecular weight excluding hydrogens is 1350 g/mol. The number of phosphoric ester groups is 2. The number of hydrogen-bond donors (Lipinski definition) is 3.